The van der Waals surface area contributed by atoms with Gasteiger partial charge in [0, 0.05) is 30.9 Å². The van der Waals surface area contributed by atoms with Crippen molar-refractivity contribution in [1.29, 1.82) is 0 Å². The molecular weight excluding hydrogens is 260 g/mol. The molecule has 1 aliphatic heterocycles. The largest absolute Gasteiger partial charge is 0.378 e. The number of carbonyl (C=O) groups excluding carboxylic acids is 1. The number of nitrogens with zero attached hydrogens (tertiary/aromatic N) is 2. The van der Waals surface area contributed by atoms with Crippen LogP contribution in [0.1, 0.15) is 10.4 Å². The molecular formula is C11H11ClN2O4. The number of non-ortho nitro benzene ring substituents is 1. The van der Waals surface area contributed by atoms with Crippen LogP contribution < -0.4 is 4.90 Å². The van der Waals surface area contributed by atoms with Crippen molar-refractivity contribution >= 4 is 28.2 Å². The van der Waals surface area contributed by atoms with Crippen LogP contribution >= 0.6 is 11.6 Å². The van der Waals surface area contributed by atoms with E-state index >= 15 is 0 Å². The molecule has 1 aromatic rings. The molecule has 1 aliphatic rings. The monoisotopic (exact) mass is 270 g/mol. The number of hydrogen-bond acceptors (Lipinski definition) is 5. The lowest BCUT2D eigenvalue weighted by atomic mass is 10.1. The number of nitro groups is 1. The van der Waals surface area contributed by atoms with Gasteiger partial charge < -0.3 is 9.64 Å². The van der Waals surface area contributed by atoms with Crippen LogP contribution in [0.25, 0.3) is 0 Å². The Bertz CT molecular complexity index is 486. The molecule has 0 radical (unpaired) electrons. The molecule has 7 heteroatoms. The Morgan fingerprint density at radius 2 is 2.06 bits per heavy atom. The Balaban J connectivity index is 2.39. The van der Waals surface area contributed by atoms with Gasteiger partial charge in [0.2, 0.25) is 0 Å². The van der Waals surface area contributed by atoms with Gasteiger partial charge in [0.05, 0.1) is 23.7 Å². The van der Waals surface area contributed by atoms with Crippen molar-refractivity contribution in [2.24, 2.45) is 0 Å². The van der Waals surface area contributed by atoms with Crippen molar-refractivity contribution < 1.29 is 14.5 Å². The molecule has 6 nitrogen and oxygen atoms in total. The Morgan fingerprint density at radius 3 is 2.61 bits per heavy atom. The first-order valence-corrected chi connectivity index (χ1v) is 5.78. The van der Waals surface area contributed by atoms with Crippen LogP contribution in [-0.4, -0.2) is 36.5 Å². The third-order valence-corrected chi connectivity index (χ3v) is 2.96. The van der Waals surface area contributed by atoms with Gasteiger partial charge in [-0.25, -0.2) is 0 Å². The summed E-state index contributed by atoms with van der Waals surface area (Å²) in [5, 5.41) is 9.99. The van der Waals surface area contributed by atoms with E-state index < -0.39 is 10.2 Å². The average Bonchev–Trinajstić information content (AvgIpc) is 2.39. The van der Waals surface area contributed by atoms with Gasteiger partial charge in [-0.2, -0.15) is 0 Å². The Morgan fingerprint density at radius 1 is 1.39 bits per heavy atom. The smallest absolute Gasteiger partial charge is 0.270 e. The van der Waals surface area contributed by atoms with Gasteiger partial charge in [-0.05, 0) is 17.7 Å². The molecule has 18 heavy (non-hydrogen) atoms. The number of carbonyl (C=O) groups is 1. The third kappa shape index (κ3) is 2.60. The fraction of sp³-hybridized carbons (Fsp3) is 0.364. The lowest BCUT2D eigenvalue weighted by Gasteiger charge is -2.29. The lowest BCUT2D eigenvalue weighted by molar-refractivity contribution is -0.384. The summed E-state index contributed by atoms with van der Waals surface area (Å²) < 4.78 is 5.22. The highest BCUT2D eigenvalue weighted by Gasteiger charge is 2.20. The summed E-state index contributed by atoms with van der Waals surface area (Å²) in [5.41, 5.74) is 0.632. The highest BCUT2D eigenvalue weighted by molar-refractivity contribution is 6.68. The van der Waals surface area contributed by atoms with E-state index in [1.807, 2.05) is 4.90 Å². The zero-order valence-electron chi connectivity index (χ0n) is 9.47. The SMILES string of the molecule is O=C(Cl)c1cc([N+](=O)[O-])ccc1N1CCOCC1. The molecule has 1 fully saturated rings. The summed E-state index contributed by atoms with van der Waals surface area (Å²) in [6, 6.07) is 4.13. The number of nitro benzene ring substituents is 1. The second-order valence-corrected chi connectivity index (χ2v) is 4.17. The molecule has 0 aromatic heterocycles. The first-order chi connectivity index (χ1) is 8.59. The Labute approximate surface area is 108 Å². The Kier molecular flexibility index (Phi) is 3.78. The number of ether oxygens (including phenoxy) is 1. The number of hydrogen-bond donors (Lipinski definition) is 0. The van der Waals surface area contributed by atoms with Crippen LogP contribution in [0.4, 0.5) is 11.4 Å². The summed E-state index contributed by atoms with van der Waals surface area (Å²) in [7, 11) is 0. The molecule has 0 aliphatic carbocycles. The molecule has 0 N–H and O–H groups in total. The van der Waals surface area contributed by atoms with Gasteiger partial charge in [0.15, 0.2) is 0 Å². The maximum absolute atomic E-state index is 11.4. The summed E-state index contributed by atoms with van der Waals surface area (Å²) in [6.07, 6.45) is 0. The van der Waals surface area contributed by atoms with Crippen molar-refractivity contribution in [3.05, 3.63) is 33.9 Å². The predicted octanol–water partition coefficient (Wildman–Crippen LogP) is 1.81. The van der Waals surface area contributed by atoms with Gasteiger partial charge in [-0.15, -0.1) is 0 Å². The highest BCUT2D eigenvalue weighted by atomic mass is 35.5. The second kappa shape index (κ2) is 5.32. The van der Waals surface area contributed by atoms with Gasteiger partial charge in [-0.3, -0.25) is 14.9 Å². The number of anilines is 1. The number of rotatable bonds is 3. The van der Waals surface area contributed by atoms with Crippen molar-refractivity contribution in [2.45, 2.75) is 0 Å². The van der Waals surface area contributed by atoms with E-state index in [1.165, 1.54) is 12.1 Å². The minimum absolute atomic E-state index is 0.143. The molecule has 1 saturated heterocycles. The highest BCUT2D eigenvalue weighted by Crippen LogP contribution is 2.27. The van der Waals surface area contributed by atoms with E-state index in [4.69, 9.17) is 16.3 Å². The molecule has 0 saturated carbocycles. The first kappa shape index (κ1) is 12.8. The van der Waals surface area contributed by atoms with Crippen molar-refractivity contribution in [1.82, 2.24) is 0 Å². The molecule has 0 bridgehead atoms. The predicted molar refractivity (Wildman–Crippen MR) is 66.3 cm³/mol. The third-order valence-electron chi connectivity index (χ3n) is 2.75. The quantitative estimate of drug-likeness (QED) is 0.476. The van der Waals surface area contributed by atoms with Gasteiger partial charge in [-0.1, -0.05) is 0 Å². The van der Waals surface area contributed by atoms with Crippen LogP contribution in [-0.2, 0) is 4.74 Å². The van der Waals surface area contributed by atoms with E-state index in [0.29, 0.717) is 32.0 Å². The van der Waals surface area contributed by atoms with Crippen LogP contribution in [0.3, 0.4) is 0 Å². The van der Waals surface area contributed by atoms with E-state index in [2.05, 4.69) is 0 Å². The topological polar surface area (TPSA) is 72.7 Å². The van der Waals surface area contributed by atoms with E-state index in [1.54, 1.807) is 6.07 Å². The summed E-state index contributed by atoms with van der Waals surface area (Å²) in [6.45, 7) is 2.39. The molecule has 1 aromatic carbocycles. The summed E-state index contributed by atoms with van der Waals surface area (Å²) in [4.78, 5) is 23.4. The fourth-order valence-corrected chi connectivity index (χ4v) is 2.03. The normalized spacial score (nSPS) is 15.5. The molecule has 2 rings (SSSR count). The first-order valence-electron chi connectivity index (χ1n) is 5.40. The number of morpholine rings is 1. The number of halogens is 1. The van der Waals surface area contributed by atoms with Crippen molar-refractivity contribution in [2.75, 3.05) is 31.2 Å². The van der Waals surface area contributed by atoms with Crippen LogP contribution in [0.15, 0.2) is 18.2 Å². The van der Waals surface area contributed by atoms with E-state index in [0.717, 1.165) is 0 Å². The van der Waals surface area contributed by atoms with Crippen LogP contribution in [0, 0.1) is 10.1 Å². The summed E-state index contributed by atoms with van der Waals surface area (Å²) >= 11 is 5.48. The van der Waals surface area contributed by atoms with Crippen LogP contribution in [0.2, 0.25) is 0 Å². The van der Waals surface area contributed by atoms with E-state index in [9.17, 15) is 14.9 Å². The maximum atomic E-state index is 11.4. The maximum Gasteiger partial charge on any atom is 0.270 e. The minimum atomic E-state index is -0.694. The fourth-order valence-electron chi connectivity index (χ4n) is 1.88. The summed E-state index contributed by atoms with van der Waals surface area (Å²) in [5.74, 6) is 0. The van der Waals surface area contributed by atoms with Gasteiger partial charge >= 0.3 is 0 Å². The zero-order valence-corrected chi connectivity index (χ0v) is 10.2. The molecule has 96 valence electrons. The average molecular weight is 271 g/mol. The lowest BCUT2D eigenvalue weighted by Crippen LogP contribution is -2.37. The van der Waals surface area contributed by atoms with Gasteiger partial charge in [0.1, 0.15) is 0 Å². The number of benzene rings is 1. The van der Waals surface area contributed by atoms with Gasteiger partial charge in [0.25, 0.3) is 10.9 Å². The molecule has 1 heterocycles. The molecule has 0 amide bonds. The standard InChI is InChI=1S/C11H11ClN2O4/c12-11(15)9-7-8(14(16)17)1-2-10(9)13-3-5-18-6-4-13/h1-2,7H,3-6H2. The van der Waals surface area contributed by atoms with Crippen molar-refractivity contribution in [3.8, 4) is 0 Å². The second-order valence-electron chi connectivity index (χ2n) is 3.83. The van der Waals surface area contributed by atoms with E-state index in [-0.39, 0.29) is 11.3 Å². The Hall–Kier alpha value is -1.66. The molecule has 0 spiro atoms. The molecule has 0 unspecified atom stereocenters. The zero-order chi connectivity index (χ0) is 13.1. The van der Waals surface area contributed by atoms with Crippen molar-refractivity contribution in [3.63, 3.8) is 0 Å². The minimum Gasteiger partial charge on any atom is -0.378 e. The molecule has 0 atom stereocenters. The van der Waals surface area contributed by atoms with Crippen LogP contribution in [0.5, 0.6) is 0 Å².